The molecule has 0 saturated carbocycles. The molecule has 0 aromatic heterocycles. The Bertz CT molecular complexity index is 703. The Morgan fingerprint density at radius 3 is 2.57 bits per heavy atom. The molecule has 0 heterocycles. The van der Waals surface area contributed by atoms with Crippen molar-refractivity contribution in [3.63, 3.8) is 0 Å². The molecule has 5 nitrogen and oxygen atoms in total. The van der Waals surface area contributed by atoms with Crippen LogP contribution >= 0.6 is 23.2 Å². The minimum absolute atomic E-state index is 0.223. The molecule has 0 saturated heterocycles. The summed E-state index contributed by atoms with van der Waals surface area (Å²) >= 11 is 11.6. The van der Waals surface area contributed by atoms with Gasteiger partial charge in [-0.2, -0.15) is 5.10 Å². The van der Waals surface area contributed by atoms with Crippen LogP contribution < -0.4 is 10.2 Å². The normalized spacial score (nSPS) is 11.0. The van der Waals surface area contributed by atoms with E-state index < -0.39 is 5.97 Å². The Hall–Kier alpha value is -2.24. The SMILES string of the molecule is CCOC(=O)/C(Cl)=N\Nc1ccccc1Oc1ccc(Cl)cc1. The summed E-state index contributed by atoms with van der Waals surface area (Å²) in [5.41, 5.74) is 3.23. The number of esters is 1. The monoisotopic (exact) mass is 352 g/mol. The van der Waals surface area contributed by atoms with Gasteiger partial charge in [-0.3, -0.25) is 5.43 Å². The molecule has 0 spiro atoms. The van der Waals surface area contributed by atoms with Crippen LogP contribution in [0.5, 0.6) is 11.5 Å². The van der Waals surface area contributed by atoms with Gasteiger partial charge in [0.25, 0.3) is 0 Å². The van der Waals surface area contributed by atoms with E-state index in [1.807, 2.05) is 6.07 Å². The van der Waals surface area contributed by atoms with Crippen LogP contribution in [0.4, 0.5) is 5.69 Å². The highest BCUT2D eigenvalue weighted by Crippen LogP contribution is 2.29. The van der Waals surface area contributed by atoms with Crippen molar-refractivity contribution in [2.45, 2.75) is 6.92 Å². The van der Waals surface area contributed by atoms with E-state index in [-0.39, 0.29) is 11.8 Å². The zero-order chi connectivity index (χ0) is 16.7. The number of anilines is 1. The number of nitrogens with one attached hydrogen (secondary N) is 1. The molecule has 2 rings (SSSR count). The highest BCUT2D eigenvalue weighted by molar-refractivity contribution is 6.82. The highest BCUT2D eigenvalue weighted by atomic mass is 35.5. The summed E-state index contributed by atoms with van der Waals surface area (Å²) in [7, 11) is 0. The number of halogens is 2. The Labute approximate surface area is 143 Å². The van der Waals surface area contributed by atoms with Gasteiger partial charge in [0.1, 0.15) is 5.75 Å². The van der Waals surface area contributed by atoms with Crippen LogP contribution in [-0.2, 0) is 9.53 Å². The fourth-order valence-corrected chi connectivity index (χ4v) is 1.85. The third kappa shape index (κ3) is 5.16. The van der Waals surface area contributed by atoms with Gasteiger partial charge in [0.05, 0.1) is 12.3 Å². The van der Waals surface area contributed by atoms with Crippen LogP contribution in [0, 0.1) is 0 Å². The molecule has 0 bridgehead atoms. The summed E-state index contributed by atoms with van der Waals surface area (Å²) in [5.74, 6) is 0.439. The van der Waals surface area contributed by atoms with E-state index in [2.05, 4.69) is 10.5 Å². The maximum Gasteiger partial charge on any atom is 0.370 e. The lowest BCUT2D eigenvalue weighted by molar-refractivity contribution is -0.134. The summed E-state index contributed by atoms with van der Waals surface area (Å²) in [6.45, 7) is 1.91. The van der Waals surface area contributed by atoms with Crippen molar-refractivity contribution in [3.8, 4) is 11.5 Å². The molecular weight excluding hydrogens is 339 g/mol. The Kier molecular flexibility index (Phi) is 6.26. The number of hydrogen-bond acceptors (Lipinski definition) is 5. The van der Waals surface area contributed by atoms with Crippen molar-refractivity contribution in [2.24, 2.45) is 5.10 Å². The van der Waals surface area contributed by atoms with Crippen LogP contribution in [0.15, 0.2) is 53.6 Å². The summed E-state index contributed by atoms with van der Waals surface area (Å²) < 4.78 is 10.5. The number of ether oxygens (including phenoxy) is 2. The highest BCUT2D eigenvalue weighted by Gasteiger charge is 2.10. The Balaban J connectivity index is 2.12. The number of benzene rings is 2. The molecule has 0 atom stereocenters. The summed E-state index contributed by atoms with van der Waals surface area (Å²) in [4.78, 5) is 11.4. The second-order valence-electron chi connectivity index (χ2n) is 4.29. The molecular formula is C16H14Cl2N2O3. The average molecular weight is 353 g/mol. The average Bonchev–Trinajstić information content (AvgIpc) is 2.56. The maximum absolute atomic E-state index is 11.4. The first-order valence-electron chi connectivity index (χ1n) is 6.79. The van der Waals surface area contributed by atoms with Gasteiger partial charge in [-0.1, -0.05) is 35.3 Å². The van der Waals surface area contributed by atoms with Gasteiger partial charge >= 0.3 is 5.97 Å². The number of carbonyl (C=O) groups is 1. The zero-order valence-corrected chi connectivity index (χ0v) is 13.8. The van der Waals surface area contributed by atoms with E-state index >= 15 is 0 Å². The molecule has 1 N–H and O–H groups in total. The molecule has 2 aromatic rings. The Morgan fingerprint density at radius 2 is 1.87 bits per heavy atom. The van der Waals surface area contributed by atoms with Gasteiger partial charge in [-0.05, 0) is 43.3 Å². The lowest BCUT2D eigenvalue weighted by Crippen LogP contribution is -2.13. The van der Waals surface area contributed by atoms with Gasteiger partial charge in [-0.25, -0.2) is 4.79 Å². The van der Waals surface area contributed by atoms with E-state index in [9.17, 15) is 4.79 Å². The number of hydrogen-bond donors (Lipinski definition) is 1. The van der Waals surface area contributed by atoms with E-state index in [0.717, 1.165) is 0 Å². The van der Waals surface area contributed by atoms with Crippen LogP contribution in [0.3, 0.4) is 0 Å². The molecule has 0 fully saturated rings. The standard InChI is InChI=1S/C16H14Cl2N2O3/c1-2-22-16(21)15(18)20-19-13-5-3-4-6-14(13)23-12-9-7-11(17)8-10-12/h3-10,19H,2H2,1H3/b20-15+. The quantitative estimate of drug-likeness (QED) is 0.466. The van der Waals surface area contributed by atoms with E-state index in [1.165, 1.54) is 0 Å². The molecule has 0 amide bonds. The topological polar surface area (TPSA) is 59.9 Å². The van der Waals surface area contributed by atoms with E-state index in [0.29, 0.717) is 22.2 Å². The Morgan fingerprint density at radius 1 is 1.17 bits per heavy atom. The van der Waals surface area contributed by atoms with Crippen LogP contribution in [0.1, 0.15) is 6.92 Å². The number of para-hydroxylation sites is 2. The van der Waals surface area contributed by atoms with Gasteiger partial charge in [-0.15, -0.1) is 0 Å². The first kappa shape index (κ1) is 17.1. The molecule has 0 radical (unpaired) electrons. The van der Waals surface area contributed by atoms with Crippen molar-refractivity contribution in [3.05, 3.63) is 53.6 Å². The second kappa shape index (κ2) is 8.41. The minimum Gasteiger partial charge on any atom is -0.461 e. The lowest BCUT2D eigenvalue weighted by atomic mass is 10.3. The molecule has 0 unspecified atom stereocenters. The van der Waals surface area contributed by atoms with Crippen molar-refractivity contribution in [2.75, 3.05) is 12.0 Å². The lowest BCUT2D eigenvalue weighted by Gasteiger charge is -2.10. The molecule has 0 aliphatic carbocycles. The summed E-state index contributed by atoms with van der Waals surface area (Å²) in [6, 6.07) is 14.0. The molecule has 23 heavy (non-hydrogen) atoms. The second-order valence-corrected chi connectivity index (χ2v) is 5.08. The van der Waals surface area contributed by atoms with Crippen molar-refractivity contribution in [1.29, 1.82) is 0 Å². The van der Waals surface area contributed by atoms with Crippen LogP contribution in [0.25, 0.3) is 0 Å². The molecule has 120 valence electrons. The van der Waals surface area contributed by atoms with Gasteiger partial charge < -0.3 is 9.47 Å². The van der Waals surface area contributed by atoms with E-state index in [1.54, 1.807) is 49.4 Å². The molecule has 0 aliphatic heterocycles. The molecule has 7 heteroatoms. The van der Waals surface area contributed by atoms with Gasteiger partial charge in [0.2, 0.25) is 5.17 Å². The van der Waals surface area contributed by atoms with Gasteiger partial charge in [0, 0.05) is 5.02 Å². The van der Waals surface area contributed by atoms with Crippen molar-refractivity contribution < 1.29 is 14.3 Å². The molecule has 2 aromatic carbocycles. The number of hydrazone groups is 1. The van der Waals surface area contributed by atoms with Crippen LogP contribution in [0.2, 0.25) is 5.02 Å². The number of nitrogens with zero attached hydrogens (tertiary/aromatic N) is 1. The third-order valence-electron chi connectivity index (χ3n) is 2.65. The number of rotatable bonds is 6. The predicted molar refractivity (Wildman–Crippen MR) is 91.5 cm³/mol. The van der Waals surface area contributed by atoms with Crippen LogP contribution in [-0.4, -0.2) is 17.7 Å². The number of carbonyl (C=O) groups excluding carboxylic acids is 1. The van der Waals surface area contributed by atoms with E-state index in [4.69, 9.17) is 32.7 Å². The fourth-order valence-electron chi connectivity index (χ4n) is 1.62. The largest absolute Gasteiger partial charge is 0.461 e. The predicted octanol–water partition coefficient (Wildman–Crippen LogP) is 4.66. The first-order chi connectivity index (χ1) is 11.1. The first-order valence-corrected chi connectivity index (χ1v) is 7.54. The minimum atomic E-state index is -0.697. The van der Waals surface area contributed by atoms with Crippen molar-refractivity contribution in [1.82, 2.24) is 0 Å². The fraction of sp³-hybridized carbons (Fsp3) is 0.125. The maximum atomic E-state index is 11.4. The van der Waals surface area contributed by atoms with Gasteiger partial charge in [0.15, 0.2) is 5.75 Å². The smallest absolute Gasteiger partial charge is 0.370 e. The molecule has 0 aliphatic rings. The summed E-state index contributed by atoms with van der Waals surface area (Å²) in [5, 5.41) is 4.11. The third-order valence-corrected chi connectivity index (χ3v) is 3.14. The van der Waals surface area contributed by atoms with Crippen molar-refractivity contribution >= 4 is 40.0 Å². The zero-order valence-electron chi connectivity index (χ0n) is 12.3. The summed E-state index contributed by atoms with van der Waals surface area (Å²) in [6.07, 6.45) is 0.